The van der Waals surface area contributed by atoms with Crippen molar-refractivity contribution in [2.24, 2.45) is 5.11 Å². The van der Waals surface area contributed by atoms with Gasteiger partial charge in [0.2, 0.25) is 0 Å². The summed E-state index contributed by atoms with van der Waals surface area (Å²) in [5.74, 6) is 1.36. The molecule has 0 fully saturated rings. The maximum absolute atomic E-state index is 8.28. The predicted octanol–water partition coefficient (Wildman–Crippen LogP) is 3.78. The number of azide groups is 1. The third-order valence-corrected chi connectivity index (χ3v) is 2.85. The average Bonchev–Trinajstić information content (AvgIpc) is 2.84. The van der Waals surface area contributed by atoms with Crippen LogP contribution in [0, 0.1) is 13.8 Å². The quantitative estimate of drug-likeness (QED) is 0.475. The molecule has 0 bridgehead atoms. The molecule has 0 aliphatic rings. The zero-order chi connectivity index (χ0) is 13.8. The second-order valence-corrected chi connectivity index (χ2v) is 4.20. The highest BCUT2D eigenvalue weighted by atomic mass is 16.5. The minimum atomic E-state index is 0.164. The highest BCUT2D eigenvalue weighted by Crippen LogP contribution is 2.30. The Labute approximate surface area is 110 Å². The van der Waals surface area contributed by atoms with Crippen LogP contribution in [0.25, 0.3) is 21.7 Å². The Balaban J connectivity index is 2.41. The van der Waals surface area contributed by atoms with E-state index in [1.54, 1.807) is 13.2 Å². The Kier molecular flexibility index (Phi) is 3.73. The van der Waals surface area contributed by atoms with Crippen molar-refractivity contribution in [1.82, 2.24) is 5.16 Å². The van der Waals surface area contributed by atoms with Gasteiger partial charge >= 0.3 is 0 Å². The molecule has 0 saturated carbocycles. The molecule has 0 aliphatic carbocycles. The van der Waals surface area contributed by atoms with Crippen LogP contribution in [-0.2, 0) is 6.54 Å². The number of hydrogen-bond donors (Lipinski definition) is 0. The van der Waals surface area contributed by atoms with E-state index < -0.39 is 0 Å². The Hall–Kier alpha value is -2.46. The normalized spacial score (nSPS) is 10.1. The largest absolute Gasteiger partial charge is 0.497 e. The molecule has 19 heavy (non-hydrogen) atoms. The molecule has 0 radical (unpaired) electrons. The van der Waals surface area contributed by atoms with Crippen LogP contribution in [0.3, 0.4) is 0 Å². The molecule has 0 N–H and O–H groups in total. The van der Waals surface area contributed by atoms with Crippen LogP contribution in [0.5, 0.6) is 5.75 Å². The molecule has 0 spiro atoms. The van der Waals surface area contributed by atoms with E-state index in [0.717, 1.165) is 28.1 Å². The summed E-state index contributed by atoms with van der Waals surface area (Å²) in [6.07, 6.45) is 0. The summed E-state index contributed by atoms with van der Waals surface area (Å²) in [6.45, 7) is 4.15. The molecule has 1 aromatic heterocycles. The maximum Gasteiger partial charge on any atom is 0.143 e. The molecule has 0 amide bonds. The highest BCUT2D eigenvalue weighted by molar-refractivity contribution is 5.68. The van der Waals surface area contributed by atoms with Crippen LogP contribution in [0.2, 0.25) is 0 Å². The fourth-order valence-electron chi connectivity index (χ4n) is 2.05. The van der Waals surface area contributed by atoms with Crippen molar-refractivity contribution in [3.63, 3.8) is 0 Å². The molecule has 6 heteroatoms. The first-order valence-electron chi connectivity index (χ1n) is 5.77. The monoisotopic (exact) mass is 258 g/mol. The summed E-state index contributed by atoms with van der Waals surface area (Å²) >= 11 is 0. The van der Waals surface area contributed by atoms with Crippen LogP contribution in [0.15, 0.2) is 27.8 Å². The molecule has 1 heterocycles. The van der Waals surface area contributed by atoms with E-state index in [0.29, 0.717) is 5.76 Å². The number of nitrogens with zero attached hydrogens (tertiary/aromatic N) is 4. The van der Waals surface area contributed by atoms with Gasteiger partial charge in [-0.15, -0.1) is 0 Å². The maximum atomic E-state index is 8.28. The van der Waals surface area contributed by atoms with Gasteiger partial charge in [-0.3, -0.25) is 0 Å². The number of rotatable bonds is 4. The summed E-state index contributed by atoms with van der Waals surface area (Å²) in [5, 5.41) is 7.47. The minimum absolute atomic E-state index is 0.164. The number of benzene rings is 1. The first kappa shape index (κ1) is 13.0. The molecule has 2 aromatic rings. The van der Waals surface area contributed by atoms with Gasteiger partial charge in [-0.25, -0.2) is 0 Å². The van der Waals surface area contributed by atoms with Crippen LogP contribution >= 0.6 is 0 Å². The molecule has 0 unspecified atom stereocenters. The van der Waals surface area contributed by atoms with Gasteiger partial charge < -0.3 is 9.26 Å². The number of aryl methyl sites for hydroxylation is 2. The third-order valence-electron chi connectivity index (χ3n) is 2.85. The number of hydrogen-bond acceptors (Lipinski definition) is 4. The van der Waals surface area contributed by atoms with Crippen molar-refractivity contribution in [3.8, 4) is 17.0 Å². The lowest BCUT2D eigenvalue weighted by Crippen LogP contribution is -1.91. The fraction of sp³-hybridized carbons (Fsp3) is 0.308. The standard InChI is InChI=1S/C13H14N4O2/c1-8-4-10(18-3)5-9(2)13(8)12-6-11(19-16-12)7-15-17-14/h4-6H,7H2,1-3H3. The van der Waals surface area contributed by atoms with Crippen LogP contribution in [-0.4, -0.2) is 12.3 Å². The second-order valence-electron chi connectivity index (χ2n) is 4.20. The van der Waals surface area contributed by atoms with E-state index in [1.165, 1.54) is 0 Å². The van der Waals surface area contributed by atoms with Gasteiger partial charge in [0, 0.05) is 16.5 Å². The average molecular weight is 258 g/mol. The SMILES string of the molecule is COc1cc(C)c(-c2cc(CN=[N+]=[N-])on2)c(C)c1. The van der Waals surface area contributed by atoms with E-state index in [-0.39, 0.29) is 6.54 Å². The van der Waals surface area contributed by atoms with Crippen molar-refractivity contribution >= 4 is 0 Å². The lowest BCUT2D eigenvalue weighted by molar-refractivity contribution is 0.386. The van der Waals surface area contributed by atoms with Crippen molar-refractivity contribution in [1.29, 1.82) is 0 Å². The molecule has 98 valence electrons. The first-order chi connectivity index (χ1) is 9.15. The number of methoxy groups -OCH3 is 1. The highest BCUT2D eigenvalue weighted by Gasteiger charge is 2.12. The van der Waals surface area contributed by atoms with Gasteiger partial charge in [-0.05, 0) is 42.6 Å². The van der Waals surface area contributed by atoms with Gasteiger partial charge in [0.1, 0.15) is 17.2 Å². The molecule has 2 rings (SSSR count). The van der Waals surface area contributed by atoms with Gasteiger partial charge in [0.15, 0.2) is 0 Å². The lowest BCUT2D eigenvalue weighted by atomic mass is 9.99. The predicted molar refractivity (Wildman–Crippen MR) is 70.8 cm³/mol. The molecular formula is C13H14N4O2. The number of ether oxygens (including phenoxy) is 1. The van der Waals surface area contributed by atoms with E-state index in [4.69, 9.17) is 14.8 Å². The molecule has 0 aliphatic heterocycles. The fourth-order valence-corrected chi connectivity index (χ4v) is 2.05. The van der Waals surface area contributed by atoms with Crippen LogP contribution in [0.4, 0.5) is 0 Å². The van der Waals surface area contributed by atoms with Gasteiger partial charge in [-0.1, -0.05) is 10.3 Å². The summed E-state index contributed by atoms with van der Waals surface area (Å²) in [5.41, 5.74) is 12.1. The molecule has 0 saturated heterocycles. The number of aromatic nitrogens is 1. The van der Waals surface area contributed by atoms with Crippen LogP contribution in [0.1, 0.15) is 16.9 Å². The molecule has 0 atom stereocenters. The Bertz CT molecular complexity index is 619. The summed E-state index contributed by atoms with van der Waals surface area (Å²) in [6, 6.07) is 5.69. The second kappa shape index (κ2) is 5.46. The first-order valence-corrected chi connectivity index (χ1v) is 5.77. The van der Waals surface area contributed by atoms with Crippen molar-refractivity contribution in [2.75, 3.05) is 7.11 Å². The smallest absolute Gasteiger partial charge is 0.143 e. The third kappa shape index (κ3) is 2.69. The van der Waals surface area contributed by atoms with Crippen molar-refractivity contribution < 1.29 is 9.26 Å². The van der Waals surface area contributed by atoms with Gasteiger partial charge in [-0.2, -0.15) is 0 Å². The van der Waals surface area contributed by atoms with E-state index >= 15 is 0 Å². The van der Waals surface area contributed by atoms with Crippen molar-refractivity contribution in [2.45, 2.75) is 20.4 Å². The van der Waals surface area contributed by atoms with Crippen LogP contribution < -0.4 is 4.74 Å². The summed E-state index contributed by atoms with van der Waals surface area (Å²) in [4.78, 5) is 2.69. The van der Waals surface area contributed by atoms with Crippen molar-refractivity contribution in [3.05, 3.63) is 45.5 Å². The minimum Gasteiger partial charge on any atom is -0.497 e. The van der Waals surface area contributed by atoms with Gasteiger partial charge in [0.25, 0.3) is 0 Å². The molecular weight excluding hydrogens is 244 g/mol. The Morgan fingerprint density at radius 2 is 2.00 bits per heavy atom. The lowest BCUT2D eigenvalue weighted by Gasteiger charge is -2.09. The Morgan fingerprint density at radius 3 is 2.58 bits per heavy atom. The van der Waals surface area contributed by atoms with Gasteiger partial charge in [0.05, 0.1) is 13.7 Å². The molecule has 1 aromatic carbocycles. The summed E-state index contributed by atoms with van der Waals surface area (Å²) < 4.78 is 10.4. The summed E-state index contributed by atoms with van der Waals surface area (Å²) in [7, 11) is 1.64. The van der Waals surface area contributed by atoms with E-state index in [9.17, 15) is 0 Å². The zero-order valence-electron chi connectivity index (χ0n) is 11.0. The topological polar surface area (TPSA) is 84.0 Å². The molecule has 6 nitrogen and oxygen atoms in total. The Morgan fingerprint density at radius 1 is 1.32 bits per heavy atom. The zero-order valence-corrected chi connectivity index (χ0v) is 11.0. The van der Waals surface area contributed by atoms with E-state index in [1.807, 2.05) is 26.0 Å². The van der Waals surface area contributed by atoms with E-state index in [2.05, 4.69) is 15.2 Å².